The van der Waals surface area contributed by atoms with Gasteiger partial charge in [-0.25, -0.2) is 0 Å². The first-order valence-electron chi connectivity index (χ1n) is 15.3. The van der Waals surface area contributed by atoms with Gasteiger partial charge in [-0.2, -0.15) is 0 Å². The molecule has 0 aromatic heterocycles. The average molecular weight is 522 g/mol. The van der Waals surface area contributed by atoms with Gasteiger partial charge < -0.3 is 10.1 Å². The van der Waals surface area contributed by atoms with E-state index in [-0.39, 0.29) is 45.4 Å². The molecule has 0 aromatic rings. The number of hydrogen-bond donors (Lipinski definition) is 1. The summed E-state index contributed by atoms with van der Waals surface area (Å²) in [6.07, 6.45) is 13.9. The molecule has 0 heterocycles. The second-order valence-corrected chi connectivity index (χ2v) is 15.1. The Morgan fingerprint density at radius 2 is 1.61 bits per heavy atom. The molecule has 4 nitrogen and oxygen atoms in total. The van der Waals surface area contributed by atoms with E-state index in [9.17, 15) is 9.59 Å². The standard InChI is InChI=1S/C34H51NO3/c1-9-34-19-18-33(27(37)20-35)17-12-23(21(2)3)29(33)24(34)10-11-26-31(7)15-14-28(38-22(4)36)30(5,6)25(31)13-16-32(26,34)8/h9,20,23-26,28-29,35H,1-2,10-19H2,3-8H3/t23-,24?,25?,26?,28-,29?,31-,32+,33+,34+/m0/s1. The van der Waals surface area contributed by atoms with Crippen molar-refractivity contribution in [3.05, 3.63) is 24.8 Å². The lowest BCUT2D eigenvalue weighted by atomic mass is 9.31. The highest BCUT2D eigenvalue weighted by atomic mass is 16.5. The van der Waals surface area contributed by atoms with E-state index in [1.807, 2.05) is 0 Å². The Labute approximate surface area is 230 Å². The molecule has 0 spiro atoms. The molecular weight excluding hydrogens is 470 g/mol. The monoisotopic (exact) mass is 521 g/mol. The molecule has 5 rings (SSSR count). The average Bonchev–Trinajstić information content (AvgIpc) is 3.26. The van der Waals surface area contributed by atoms with Gasteiger partial charge in [-0.15, -0.1) is 6.58 Å². The van der Waals surface area contributed by atoms with Gasteiger partial charge in [0.2, 0.25) is 0 Å². The summed E-state index contributed by atoms with van der Waals surface area (Å²) in [6, 6.07) is 0. The quantitative estimate of drug-likeness (QED) is 0.227. The number of fused-ring (bicyclic) bond motifs is 7. The molecule has 4 unspecified atom stereocenters. The van der Waals surface area contributed by atoms with Crippen LogP contribution in [0.2, 0.25) is 0 Å². The maximum Gasteiger partial charge on any atom is 0.302 e. The van der Waals surface area contributed by atoms with Crippen LogP contribution >= 0.6 is 0 Å². The Kier molecular flexibility index (Phi) is 6.52. The Bertz CT molecular complexity index is 1060. The number of esters is 1. The highest BCUT2D eigenvalue weighted by Gasteiger charge is 2.72. The van der Waals surface area contributed by atoms with Gasteiger partial charge in [0.1, 0.15) is 6.10 Å². The molecule has 0 amide bonds. The van der Waals surface area contributed by atoms with Crippen molar-refractivity contribution in [2.24, 2.45) is 56.7 Å². The number of rotatable bonds is 5. The molecule has 210 valence electrons. The third kappa shape index (κ3) is 3.36. The molecule has 5 aliphatic rings. The zero-order chi connectivity index (χ0) is 27.9. The number of allylic oxidation sites excluding steroid dienone is 2. The van der Waals surface area contributed by atoms with E-state index in [1.165, 1.54) is 12.0 Å². The smallest absolute Gasteiger partial charge is 0.302 e. The van der Waals surface area contributed by atoms with Gasteiger partial charge in [0.15, 0.2) is 5.78 Å². The van der Waals surface area contributed by atoms with Gasteiger partial charge in [-0.1, -0.05) is 45.9 Å². The lowest BCUT2D eigenvalue weighted by Gasteiger charge is -2.73. The van der Waals surface area contributed by atoms with Crippen molar-refractivity contribution in [1.29, 1.82) is 5.41 Å². The fourth-order valence-electron chi connectivity index (χ4n) is 12.3. The lowest BCUT2D eigenvalue weighted by Crippen LogP contribution is -2.67. The third-order valence-electron chi connectivity index (χ3n) is 13.8. The van der Waals surface area contributed by atoms with Crippen molar-refractivity contribution in [1.82, 2.24) is 0 Å². The number of Topliss-reactive ketones (excluding diaryl/α,β-unsaturated/α-hetero) is 1. The molecular formula is C34H51NO3. The van der Waals surface area contributed by atoms with Crippen molar-refractivity contribution in [3.8, 4) is 0 Å². The number of carbonyl (C=O) groups excluding carboxylic acids is 2. The van der Waals surface area contributed by atoms with E-state index in [2.05, 4.69) is 53.9 Å². The van der Waals surface area contributed by atoms with Gasteiger partial charge in [0, 0.05) is 17.8 Å². The molecule has 5 aliphatic carbocycles. The summed E-state index contributed by atoms with van der Waals surface area (Å²) < 4.78 is 5.90. The Morgan fingerprint density at radius 1 is 0.895 bits per heavy atom. The number of hydrogen-bond acceptors (Lipinski definition) is 4. The van der Waals surface area contributed by atoms with Crippen LogP contribution in [0.15, 0.2) is 24.8 Å². The van der Waals surface area contributed by atoms with Gasteiger partial charge in [0.25, 0.3) is 0 Å². The predicted octanol–water partition coefficient (Wildman–Crippen LogP) is 7.96. The van der Waals surface area contributed by atoms with Crippen LogP contribution in [-0.4, -0.2) is 24.1 Å². The topological polar surface area (TPSA) is 67.2 Å². The number of ether oxygens (including phenoxy) is 1. The third-order valence-corrected chi connectivity index (χ3v) is 13.8. The molecule has 0 aliphatic heterocycles. The van der Waals surface area contributed by atoms with Crippen LogP contribution in [-0.2, 0) is 14.3 Å². The van der Waals surface area contributed by atoms with Gasteiger partial charge in [0.05, 0.1) is 6.21 Å². The second-order valence-electron chi connectivity index (χ2n) is 15.1. The maximum absolute atomic E-state index is 13.5. The van der Waals surface area contributed by atoms with E-state index >= 15 is 0 Å². The summed E-state index contributed by atoms with van der Waals surface area (Å²) >= 11 is 0. The fraction of sp³-hybridized carbons (Fsp3) is 0.794. The maximum atomic E-state index is 13.5. The fourth-order valence-corrected chi connectivity index (χ4v) is 12.3. The molecule has 0 radical (unpaired) electrons. The molecule has 0 saturated heterocycles. The number of ketones is 1. The van der Waals surface area contributed by atoms with Crippen LogP contribution in [0.1, 0.15) is 106 Å². The minimum absolute atomic E-state index is 0.00468. The summed E-state index contributed by atoms with van der Waals surface area (Å²) in [5.41, 5.74) is 1.08. The summed E-state index contributed by atoms with van der Waals surface area (Å²) in [5, 5.41) is 7.95. The first-order chi connectivity index (χ1) is 17.7. The normalized spacial score (nSPS) is 48.9. The van der Waals surface area contributed by atoms with Gasteiger partial charge in [-0.05, 0) is 117 Å². The van der Waals surface area contributed by atoms with Crippen molar-refractivity contribution in [2.75, 3.05) is 0 Å². The second kappa shape index (κ2) is 8.90. The Hall–Kier alpha value is -1.71. The van der Waals surface area contributed by atoms with Crippen molar-refractivity contribution < 1.29 is 14.3 Å². The summed E-state index contributed by atoms with van der Waals surface area (Å²) in [5.74, 6) is 2.02. The van der Waals surface area contributed by atoms with Crippen LogP contribution in [0.3, 0.4) is 0 Å². The first kappa shape index (κ1) is 27.8. The van der Waals surface area contributed by atoms with Gasteiger partial charge in [-0.3, -0.25) is 9.59 Å². The summed E-state index contributed by atoms with van der Waals surface area (Å²) in [7, 11) is 0. The Balaban J connectivity index is 1.56. The van der Waals surface area contributed by atoms with E-state index < -0.39 is 5.41 Å². The highest BCUT2D eigenvalue weighted by molar-refractivity contribution is 6.29. The lowest BCUT2D eigenvalue weighted by molar-refractivity contribution is -0.240. The number of nitrogens with one attached hydrogen (secondary N) is 1. The van der Waals surface area contributed by atoms with E-state index in [1.54, 1.807) is 6.92 Å². The van der Waals surface area contributed by atoms with Crippen LogP contribution < -0.4 is 0 Å². The van der Waals surface area contributed by atoms with E-state index in [4.69, 9.17) is 10.1 Å². The minimum atomic E-state index is -0.392. The zero-order valence-electron chi connectivity index (χ0n) is 24.8. The molecule has 0 bridgehead atoms. The summed E-state index contributed by atoms with van der Waals surface area (Å²) in [6.45, 7) is 22.5. The highest BCUT2D eigenvalue weighted by Crippen LogP contribution is 2.78. The molecule has 4 heteroatoms. The molecule has 38 heavy (non-hydrogen) atoms. The molecule has 1 N–H and O–H groups in total. The largest absolute Gasteiger partial charge is 0.462 e. The van der Waals surface area contributed by atoms with Crippen molar-refractivity contribution in [2.45, 2.75) is 112 Å². The first-order valence-corrected chi connectivity index (χ1v) is 15.3. The van der Waals surface area contributed by atoms with Crippen LogP contribution in [0.5, 0.6) is 0 Å². The van der Waals surface area contributed by atoms with E-state index in [0.29, 0.717) is 23.7 Å². The summed E-state index contributed by atoms with van der Waals surface area (Å²) in [4.78, 5) is 25.4. The molecule has 0 aromatic carbocycles. The van der Waals surface area contributed by atoms with Crippen LogP contribution in [0.25, 0.3) is 0 Å². The molecule has 5 fully saturated rings. The van der Waals surface area contributed by atoms with Crippen molar-refractivity contribution >= 4 is 18.0 Å². The molecule has 5 saturated carbocycles. The predicted molar refractivity (Wildman–Crippen MR) is 153 cm³/mol. The zero-order valence-corrected chi connectivity index (χ0v) is 24.8. The van der Waals surface area contributed by atoms with E-state index in [0.717, 1.165) is 64.0 Å². The SMILES string of the molecule is C=C[C@@]12CC[C@@]3(C(=O)C=N)CC[C@@H](C(=C)C)C3C1CCC1[C@@]3(C)CC[C@H](OC(C)=O)C(C)(C)C3CC[C@]12C. The molecule has 10 atom stereocenters. The van der Waals surface area contributed by atoms with Crippen LogP contribution in [0.4, 0.5) is 0 Å². The van der Waals surface area contributed by atoms with Crippen LogP contribution in [0, 0.1) is 62.1 Å². The van der Waals surface area contributed by atoms with Crippen molar-refractivity contribution in [3.63, 3.8) is 0 Å². The number of carbonyl (C=O) groups is 2. The minimum Gasteiger partial charge on any atom is -0.462 e. The van der Waals surface area contributed by atoms with Gasteiger partial charge >= 0.3 is 5.97 Å². The Morgan fingerprint density at radius 3 is 2.21 bits per heavy atom.